The van der Waals surface area contributed by atoms with E-state index < -0.39 is 0 Å². The maximum atomic E-state index is 11.7. The third-order valence-corrected chi connectivity index (χ3v) is 3.71. The number of hydrogen-bond donors (Lipinski definition) is 0. The van der Waals surface area contributed by atoms with Crippen LogP contribution in [0.15, 0.2) is 6.20 Å². The van der Waals surface area contributed by atoms with E-state index in [2.05, 4.69) is 25.9 Å². The molecule has 86 valence electrons. The van der Waals surface area contributed by atoms with Gasteiger partial charge in [0.15, 0.2) is 11.0 Å². The summed E-state index contributed by atoms with van der Waals surface area (Å²) in [5.74, 6) is 0.698. The van der Waals surface area contributed by atoms with E-state index in [1.54, 1.807) is 4.90 Å². The molecule has 0 aromatic carbocycles. The zero-order chi connectivity index (χ0) is 11.7. The lowest BCUT2D eigenvalue weighted by Crippen LogP contribution is -2.26. The standard InChI is InChI=1S/C9H8BrCl2N3O/c10-2-5-1-7(16)15(4-5)9-8(12)14-6(11)3-13-9/h3,5H,1-2,4H2. The average molecular weight is 325 g/mol. The van der Waals surface area contributed by atoms with Gasteiger partial charge in [-0.2, -0.15) is 0 Å². The fraction of sp³-hybridized carbons (Fsp3) is 0.444. The Morgan fingerprint density at radius 3 is 2.88 bits per heavy atom. The van der Waals surface area contributed by atoms with Crippen molar-refractivity contribution >= 4 is 50.9 Å². The van der Waals surface area contributed by atoms with Crippen LogP contribution in [0.3, 0.4) is 0 Å². The Labute approximate surface area is 111 Å². The van der Waals surface area contributed by atoms with Crippen molar-refractivity contribution in [3.63, 3.8) is 0 Å². The van der Waals surface area contributed by atoms with E-state index in [4.69, 9.17) is 23.2 Å². The van der Waals surface area contributed by atoms with Crippen LogP contribution < -0.4 is 4.90 Å². The SMILES string of the molecule is O=C1CC(CBr)CN1c1ncc(Cl)nc1Cl. The monoisotopic (exact) mass is 323 g/mol. The van der Waals surface area contributed by atoms with Gasteiger partial charge in [-0.3, -0.25) is 9.69 Å². The molecule has 0 saturated carbocycles. The van der Waals surface area contributed by atoms with Crippen LogP contribution in [0.2, 0.25) is 10.3 Å². The molecule has 1 fully saturated rings. The maximum Gasteiger partial charge on any atom is 0.228 e. The fourth-order valence-electron chi connectivity index (χ4n) is 1.61. The Morgan fingerprint density at radius 2 is 2.31 bits per heavy atom. The molecule has 1 aliphatic heterocycles. The first-order valence-electron chi connectivity index (χ1n) is 4.66. The lowest BCUT2D eigenvalue weighted by atomic mass is 10.2. The van der Waals surface area contributed by atoms with Crippen LogP contribution in [0.1, 0.15) is 6.42 Å². The highest BCUT2D eigenvalue weighted by Crippen LogP contribution is 2.29. The molecule has 1 aromatic heterocycles. The van der Waals surface area contributed by atoms with Crippen molar-refractivity contribution < 1.29 is 4.79 Å². The van der Waals surface area contributed by atoms with Crippen LogP contribution >= 0.6 is 39.1 Å². The fourth-order valence-corrected chi connectivity index (χ4v) is 2.46. The van der Waals surface area contributed by atoms with Crippen molar-refractivity contribution in [2.45, 2.75) is 6.42 Å². The van der Waals surface area contributed by atoms with E-state index >= 15 is 0 Å². The largest absolute Gasteiger partial charge is 0.294 e. The molecule has 0 aliphatic carbocycles. The number of rotatable bonds is 2. The van der Waals surface area contributed by atoms with Crippen molar-refractivity contribution in [2.24, 2.45) is 5.92 Å². The molecular weight excluding hydrogens is 317 g/mol. The molecule has 2 heterocycles. The summed E-state index contributed by atoms with van der Waals surface area (Å²) < 4.78 is 0. The number of aromatic nitrogens is 2. The van der Waals surface area contributed by atoms with Gasteiger partial charge in [-0.25, -0.2) is 9.97 Å². The molecule has 0 N–H and O–H groups in total. The summed E-state index contributed by atoms with van der Waals surface area (Å²) >= 11 is 14.9. The van der Waals surface area contributed by atoms with Crippen molar-refractivity contribution in [2.75, 3.05) is 16.8 Å². The van der Waals surface area contributed by atoms with Crippen molar-refractivity contribution in [1.29, 1.82) is 0 Å². The van der Waals surface area contributed by atoms with Gasteiger partial charge in [-0.05, 0) is 5.92 Å². The molecule has 1 aliphatic rings. The van der Waals surface area contributed by atoms with Gasteiger partial charge < -0.3 is 0 Å². The molecular formula is C9H8BrCl2N3O. The third-order valence-electron chi connectivity index (χ3n) is 2.36. The van der Waals surface area contributed by atoms with E-state index in [0.29, 0.717) is 24.7 Å². The molecule has 7 heteroatoms. The minimum Gasteiger partial charge on any atom is -0.294 e. The summed E-state index contributed by atoms with van der Waals surface area (Å²) in [5, 5.41) is 1.17. The van der Waals surface area contributed by atoms with E-state index in [1.165, 1.54) is 6.20 Å². The Balaban J connectivity index is 2.28. The maximum absolute atomic E-state index is 11.7. The predicted octanol–water partition coefficient (Wildman–Crippen LogP) is 2.53. The second-order valence-corrected chi connectivity index (χ2v) is 4.93. The second kappa shape index (κ2) is 4.85. The molecule has 1 amide bonds. The van der Waals surface area contributed by atoms with Crippen LogP contribution in [0.4, 0.5) is 5.82 Å². The minimum atomic E-state index is 0.0166. The van der Waals surface area contributed by atoms with Crippen LogP contribution in [0, 0.1) is 5.92 Å². The van der Waals surface area contributed by atoms with E-state index in [-0.39, 0.29) is 16.2 Å². The first-order chi connectivity index (χ1) is 7.61. The number of hydrogen-bond acceptors (Lipinski definition) is 3. The van der Waals surface area contributed by atoms with E-state index in [0.717, 1.165) is 5.33 Å². The number of alkyl halides is 1. The molecule has 4 nitrogen and oxygen atoms in total. The normalized spacial score (nSPS) is 20.6. The molecule has 0 radical (unpaired) electrons. The van der Waals surface area contributed by atoms with Crippen molar-refractivity contribution in [3.8, 4) is 0 Å². The summed E-state index contributed by atoms with van der Waals surface area (Å²) in [6, 6.07) is 0. The summed E-state index contributed by atoms with van der Waals surface area (Å²) in [6.45, 7) is 0.611. The van der Waals surface area contributed by atoms with Crippen LogP contribution in [0.5, 0.6) is 0 Å². The van der Waals surface area contributed by atoms with Crippen LogP contribution in [-0.2, 0) is 4.79 Å². The number of nitrogens with zero attached hydrogens (tertiary/aromatic N) is 3. The second-order valence-electron chi connectivity index (χ2n) is 3.54. The number of amides is 1. The topological polar surface area (TPSA) is 46.1 Å². The first kappa shape index (κ1) is 12.1. The van der Waals surface area contributed by atoms with Crippen molar-refractivity contribution in [1.82, 2.24) is 9.97 Å². The minimum absolute atomic E-state index is 0.0166. The highest BCUT2D eigenvalue weighted by atomic mass is 79.9. The zero-order valence-electron chi connectivity index (χ0n) is 8.16. The Morgan fingerprint density at radius 1 is 1.56 bits per heavy atom. The third kappa shape index (κ3) is 2.31. The van der Waals surface area contributed by atoms with Crippen molar-refractivity contribution in [3.05, 3.63) is 16.5 Å². The number of anilines is 1. The predicted molar refractivity (Wildman–Crippen MR) is 66.3 cm³/mol. The van der Waals surface area contributed by atoms with Gasteiger partial charge in [-0.1, -0.05) is 39.1 Å². The van der Waals surface area contributed by atoms with Gasteiger partial charge in [-0.15, -0.1) is 0 Å². The lowest BCUT2D eigenvalue weighted by Gasteiger charge is -2.15. The van der Waals surface area contributed by atoms with Gasteiger partial charge in [0.1, 0.15) is 5.15 Å². The summed E-state index contributed by atoms with van der Waals surface area (Å²) in [5.41, 5.74) is 0. The van der Waals surface area contributed by atoms with E-state index in [1.807, 2.05) is 0 Å². The molecule has 1 saturated heterocycles. The Kier molecular flexibility index (Phi) is 3.66. The van der Waals surface area contributed by atoms with Crippen LogP contribution in [-0.4, -0.2) is 27.7 Å². The smallest absolute Gasteiger partial charge is 0.228 e. The Bertz CT molecular complexity index is 429. The summed E-state index contributed by atoms with van der Waals surface area (Å²) in [6.07, 6.45) is 1.89. The Hall–Kier alpha value is -0.390. The van der Waals surface area contributed by atoms with E-state index in [9.17, 15) is 4.79 Å². The number of carbonyl (C=O) groups is 1. The lowest BCUT2D eigenvalue weighted by molar-refractivity contribution is -0.117. The summed E-state index contributed by atoms with van der Waals surface area (Å²) in [4.78, 5) is 21.2. The highest BCUT2D eigenvalue weighted by Gasteiger charge is 2.32. The molecule has 2 rings (SSSR count). The molecule has 1 atom stereocenters. The van der Waals surface area contributed by atoms with Crippen LogP contribution in [0.25, 0.3) is 0 Å². The molecule has 1 aromatic rings. The average Bonchev–Trinajstić information content (AvgIpc) is 2.60. The quantitative estimate of drug-likeness (QED) is 0.785. The van der Waals surface area contributed by atoms with Gasteiger partial charge in [0, 0.05) is 18.3 Å². The molecule has 1 unspecified atom stereocenters. The molecule has 0 spiro atoms. The number of halogens is 3. The van der Waals surface area contributed by atoms with Gasteiger partial charge in [0.25, 0.3) is 0 Å². The van der Waals surface area contributed by atoms with Gasteiger partial charge in [0.05, 0.1) is 6.20 Å². The van der Waals surface area contributed by atoms with Gasteiger partial charge in [0.2, 0.25) is 5.91 Å². The molecule has 0 bridgehead atoms. The first-order valence-corrected chi connectivity index (χ1v) is 6.54. The number of carbonyl (C=O) groups excluding carboxylic acids is 1. The summed E-state index contributed by atoms with van der Waals surface area (Å²) in [7, 11) is 0. The van der Waals surface area contributed by atoms with Gasteiger partial charge >= 0.3 is 0 Å². The zero-order valence-corrected chi connectivity index (χ0v) is 11.3. The highest BCUT2D eigenvalue weighted by molar-refractivity contribution is 9.09. The molecule has 16 heavy (non-hydrogen) atoms.